The maximum Gasteiger partial charge on any atom is 0.258 e. The summed E-state index contributed by atoms with van der Waals surface area (Å²) in [6.45, 7) is 2.36. The summed E-state index contributed by atoms with van der Waals surface area (Å²) in [5.41, 5.74) is 1.56. The van der Waals surface area contributed by atoms with E-state index in [2.05, 4.69) is 9.97 Å². The van der Waals surface area contributed by atoms with Gasteiger partial charge in [0, 0.05) is 50.3 Å². The van der Waals surface area contributed by atoms with Gasteiger partial charge in [0.1, 0.15) is 18.2 Å². The standard InChI is InChI=1S/C33H29F2N3O6/c1-19-30(21-6-8-22(34)9-7-21)31(40)24(18-38(19)2)26(39)16-20-5-10-28(25(35)15-20)44-27-11-12-36-32-23(27)17-29(33(37-32)42-4)43-14-13-41-3/h5-12,15,17-18H,13-14,16H2,1-4H3. The molecule has 0 radical (unpaired) electrons. The van der Waals surface area contributed by atoms with Crippen LogP contribution in [0, 0.1) is 18.6 Å². The maximum absolute atomic E-state index is 15.3. The van der Waals surface area contributed by atoms with Crippen molar-refractivity contribution in [1.82, 2.24) is 14.5 Å². The Morgan fingerprint density at radius 1 is 0.955 bits per heavy atom. The van der Waals surface area contributed by atoms with Crippen LogP contribution in [0.3, 0.4) is 0 Å². The minimum atomic E-state index is -0.706. The zero-order valence-electron chi connectivity index (χ0n) is 24.5. The van der Waals surface area contributed by atoms with Crippen LogP contribution in [-0.2, 0) is 18.2 Å². The average Bonchev–Trinajstić information content (AvgIpc) is 3.01. The molecule has 5 aromatic rings. The van der Waals surface area contributed by atoms with Crippen LogP contribution in [0.1, 0.15) is 21.6 Å². The van der Waals surface area contributed by atoms with Gasteiger partial charge >= 0.3 is 0 Å². The first-order chi connectivity index (χ1) is 21.2. The van der Waals surface area contributed by atoms with Crippen molar-refractivity contribution in [3.8, 4) is 34.3 Å². The SMILES string of the molecule is COCCOc1cc2c(Oc3ccc(CC(=O)c4cn(C)c(C)c(-c5ccc(F)cc5)c4=O)cc3F)ccnc2nc1OC. The quantitative estimate of drug-likeness (QED) is 0.138. The third-order valence-electron chi connectivity index (χ3n) is 7.06. The Hall–Kier alpha value is -5.16. The van der Waals surface area contributed by atoms with Gasteiger partial charge in [-0.15, -0.1) is 0 Å². The fraction of sp³-hybridized carbons (Fsp3) is 0.212. The summed E-state index contributed by atoms with van der Waals surface area (Å²) in [4.78, 5) is 35.3. The number of halogens is 2. The number of hydrogen-bond acceptors (Lipinski definition) is 8. The third kappa shape index (κ3) is 6.28. The molecule has 0 N–H and O–H groups in total. The molecule has 0 saturated heterocycles. The largest absolute Gasteiger partial charge is 0.486 e. The molecular weight excluding hydrogens is 572 g/mol. The van der Waals surface area contributed by atoms with Crippen LogP contribution in [0.4, 0.5) is 8.78 Å². The van der Waals surface area contributed by atoms with Gasteiger partial charge in [-0.25, -0.2) is 13.8 Å². The number of aromatic nitrogens is 3. The van der Waals surface area contributed by atoms with Gasteiger partial charge in [0.05, 0.1) is 24.7 Å². The van der Waals surface area contributed by atoms with E-state index in [1.807, 2.05) is 0 Å². The molecule has 44 heavy (non-hydrogen) atoms. The molecule has 0 saturated carbocycles. The van der Waals surface area contributed by atoms with E-state index in [4.69, 9.17) is 18.9 Å². The fourth-order valence-electron chi connectivity index (χ4n) is 4.70. The molecule has 11 heteroatoms. The molecule has 0 aliphatic heterocycles. The van der Waals surface area contributed by atoms with Crippen LogP contribution in [0.25, 0.3) is 22.2 Å². The lowest BCUT2D eigenvalue weighted by Gasteiger charge is -2.14. The van der Waals surface area contributed by atoms with E-state index in [0.29, 0.717) is 45.8 Å². The normalized spacial score (nSPS) is 11.0. The lowest BCUT2D eigenvalue weighted by molar-refractivity contribution is 0.0991. The highest BCUT2D eigenvalue weighted by Crippen LogP contribution is 2.35. The number of pyridine rings is 3. The number of ether oxygens (including phenoxy) is 4. The highest BCUT2D eigenvalue weighted by Gasteiger charge is 2.20. The summed E-state index contributed by atoms with van der Waals surface area (Å²) < 4.78 is 52.4. The number of Topliss-reactive ketones (excluding diaryl/α,β-unsaturated/α-hetero) is 1. The Balaban J connectivity index is 1.40. The average molecular weight is 602 g/mol. The first-order valence-corrected chi connectivity index (χ1v) is 13.6. The van der Waals surface area contributed by atoms with Crippen LogP contribution in [0.2, 0.25) is 0 Å². The second-order valence-corrected chi connectivity index (χ2v) is 9.93. The smallest absolute Gasteiger partial charge is 0.258 e. The van der Waals surface area contributed by atoms with Crippen LogP contribution in [0.5, 0.6) is 23.1 Å². The molecule has 3 aromatic heterocycles. The molecule has 0 amide bonds. The fourth-order valence-corrected chi connectivity index (χ4v) is 4.70. The molecule has 2 aromatic carbocycles. The zero-order valence-corrected chi connectivity index (χ0v) is 24.5. The summed E-state index contributed by atoms with van der Waals surface area (Å²) in [6.07, 6.45) is 2.72. The van der Waals surface area contributed by atoms with E-state index < -0.39 is 22.8 Å². The van der Waals surface area contributed by atoms with Gasteiger partial charge in [-0.3, -0.25) is 9.59 Å². The topological polar surface area (TPSA) is 102 Å². The Morgan fingerprint density at radius 3 is 2.43 bits per heavy atom. The number of benzene rings is 2. The first-order valence-electron chi connectivity index (χ1n) is 13.6. The van der Waals surface area contributed by atoms with Crippen molar-refractivity contribution in [2.45, 2.75) is 13.3 Å². The van der Waals surface area contributed by atoms with Crippen molar-refractivity contribution in [2.24, 2.45) is 7.05 Å². The number of carbonyl (C=O) groups is 1. The van der Waals surface area contributed by atoms with Crippen molar-refractivity contribution >= 4 is 16.8 Å². The number of fused-ring (bicyclic) bond motifs is 1. The van der Waals surface area contributed by atoms with Gasteiger partial charge in [-0.05, 0) is 48.4 Å². The van der Waals surface area contributed by atoms with Gasteiger partial charge in [0.2, 0.25) is 0 Å². The summed E-state index contributed by atoms with van der Waals surface area (Å²) in [5, 5.41) is 0.464. The van der Waals surface area contributed by atoms with Crippen LogP contribution in [0.15, 0.2) is 71.8 Å². The first kappa shape index (κ1) is 30.3. The summed E-state index contributed by atoms with van der Waals surface area (Å²) in [5.74, 6) is -0.862. The number of nitrogens with zero attached hydrogens (tertiary/aromatic N) is 3. The Morgan fingerprint density at radius 2 is 1.73 bits per heavy atom. The molecule has 3 heterocycles. The number of ketones is 1. The zero-order chi connectivity index (χ0) is 31.4. The molecule has 0 fully saturated rings. The van der Waals surface area contributed by atoms with Crippen LogP contribution in [-0.4, -0.2) is 47.8 Å². The van der Waals surface area contributed by atoms with E-state index in [0.717, 1.165) is 0 Å². The summed E-state index contributed by atoms with van der Waals surface area (Å²) >= 11 is 0. The molecule has 0 unspecified atom stereocenters. The molecule has 0 spiro atoms. The molecule has 0 aliphatic carbocycles. The minimum Gasteiger partial charge on any atom is -0.486 e. The second kappa shape index (κ2) is 13.0. The number of methoxy groups -OCH3 is 2. The Kier molecular flexibility index (Phi) is 8.96. The van der Waals surface area contributed by atoms with Crippen molar-refractivity contribution in [1.29, 1.82) is 0 Å². The monoisotopic (exact) mass is 601 g/mol. The lowest BCUT2D eigenvalue weighted by atomic mass is 9.97. The van der Waals surface area contributed by atoms with Gasteiger partial charge in [0.25, 0.3) is 5.88 Å². The molecule has 9 nitrogen and oxygen atoms in total. The third-order valence-corrected chi connectivity index (χ3v) is 7.06. The van der Waals surface area contributed by atoms with Crippen molar-refractivity contribution in [2.75, 3.05) is 27.4 Å². The number of aryl methyl sites for hydroxylation is 1. The van der Waals surface area contributed by atoms with Crippen molar-refractivity contribution < 1.29 is 32.5 Å². The predicted molar refractivity (Wildman–Crippen MR) is 160 cm³/mol. The maximum atomic E-state index is 15.3. The predicted octanol–water partition coefficient (Wildman–Crippen LogP) is 5.83. The van der Waals surface area contributed by atoms with E-state index >= 15 is 4.39 Å². The van der Waals surface area contributed by atoms with Gasteiger partial charge < -0.3 is 23.5 Å². The van der Waals surface area contributed by atoms with E-state index in [1.165, 1.54) is 55.9 Å². The molecular formula is C33H29F2N3O6. The number of rotatable bonds is 11. The second-order valence-electron chi connectivity index (χ2n) is 9.93. The minimum absolute atomic E-state index is 0.0483. The summed E-state index contributed by atoms with van der Waals surface area (Å²) in [6, 6.07) is 12.9. The van der Waals surface area contributed by atoms with Gasteiger partial charge in [0.15, 0.2) is 34.2 Å². The van der Waals surface area contributed by atoms with E-state index in [9.17, 15) is 14.0 Å². The molecule has 226 valence electrons. The van der Waals surface area contributed by atoms with Crippen LogP contribution < -0.4 is 19.6 Å². The van der Waals surface area contributed by atoms with E-state index in [-0.39, 0.29) is 36.0 Å². The molecule has 0 atom stereocenters. The Labute approximate surface area is 251 Å². The van der Waals surface area contributed by atoms with Crippen LogP contribution >= 0.6 is 0 Å². The van der Waals surface area contributed by atoms with Crippen molar-refractivity contribution in [3.63, 3.8) is 0 Å². The molecule has 0 bridgehead atoms. The Bertz CT molecular complexity index is 1910. The van der Waals surface area contributed by atoms with Gasteiger partial charge in [-0.1, -0.05) is 18.2 Å². The number of carbonyl (C=O) groups excluding carboxylic acids is 1. The molecule has 5 rings (SSSR count). The molecule has 0 aliphatic rings. The van der Waals surface area contributed by atoms with Crippen molar-refractivity contribution in [3.05, 3.63) is 106 Å². The van der Waals surface area contributed by atoms with E-state index in [1.54, 1.807) is 43.8 Å². The van der Waals surface area contributed by atoms with Gasteiger partial charge in [-0.2, -0.15) is 4.98 Å². The number of hydrogen-bond donors (Lipinski definition) is 0. The summed E-state index contributed by atoms with van der Waals surface area (Å²) in [7, 11) is 4.73. The lowest BCUT2D eigenvalue weighted by Crippen LogP contribution is -2.22. The highest BCUT2D eigenvalue weighted by molar-refractivity contribution is 5.98. The highest BCUT2D eigenvalue weighted by atomic mass is 19.1.